The number of hydrogen-bond donors (Lipinski definition) is 1. The molecule has 0 aromatic heterocycles. The van der Waals surface area contributed by atoms with Crippen LogP contribution in [0, 0.1) is 10.1 Å². The molecule has 1 saturated carbocycles. The molecule has 5 rings (SSSR count). The number of nitrogens with zero attached hydrogens (tertiary/aromatic N) is 1. The first kappa shape index (κ1) is 26.5. The van der Waals surface area contributed by atoms with Gasteiger partial charge in [-0.25, -0.2) is 4.79 Å². The number of nitro benzene ring substituents is 1. The van der Waals surface area contributed by atoms with E-state index in [9.17, 15) is 19.7 Å². The standard InChI is InChI=1S/C30H32N2O7/c1-17-27(30(34)39-22-6-4-5-7-22)28(18-8-11-21(12-9-18)32(35)36)29-23(31-17)14-20(15-24(29)33)19-10-13-25(37-2)26(16-19)38-3/h8-13,16,20,22,28,31H,4-7,14-15H2,1-3H3/t20-,28+/m1/s1. The minimum atomic E-state index is -0.671. The molecule has 1 aliphatic heterocycles. The summed E-state index contributed by atoms with van der Waals surface area (Å²) in [7, 11) is 3.15. The molecule has 0 spiro atoms. The number of ether oxygens (including phenoxy) is 3. The van der Waals surface area contributed by atoms with Gasteiger partial charge in [-0.1, -0.05) is 18.2 Å². The summed E-state index contributed by atoms with van der Waals surface area (Å²) in [6.45, 7) is 1.82. The summed E-state index contributed by atoms with van der Waals surface area (Å²) in [5, 5.41) is 14.6. The summed E-state index contributed by atoms with van der Waals surface area (Å²) >= 11 is 0. The Bertz CT molecular complexity index is 1370. The summed E-state index contributed by atoms with van der Waals surface area (Å²) in [6.07, 6.45) is 4.37. The van der Waals surface area contributed by atoms with Crippen LogP contribution >= 0.6 is 0 Å². The Morgan fingerprint density at radius 1 is 0.974 bits per heavy atom. The van der Waals surface area contributed by atoms with E-state index in [1.165, 1.54) is 12.1 Å². The molecule has 0 amide bonds. The lowest BCUT2D eigenvalue weighted by atomic mass is 9.71. The van der Waals surface area contributed by atoms with Crippen LogP contribution in [0.1, 0.15) is 68.4 Å². The van der Waals surface area contributed by atoms with E-state index in [1.807, 2.05) is 25.1 Å². The van der Waals surface area contributed by atoms with Crippen molar-refractivity contribution >= 4 is 17.4 Å². The van der Waals surface area contributed by atoms with Gasteiger partial charge in [0.1, 0.15) is 6.10 Å². The summed E-state index contributed by atoms with van der Waals surface area (Å²) in [6, 6.07) is 11.7. The van der Waals surface area contributed by atoms with E-state index >= 15 is 0 Å². The van der Waals surface area contributed by atoms with Crippen LogP contribution in [-0.2, 0) is 14.3 Å². The van der Waals surface area contributed by atoms with E-state index in [2.05, 4.69) is 5.32 Å². The lowest BCUT2D eigenvalue weighted by molar-refractivity contribution is -0.384. The van der Waals surface area contributed by atoms with E-state index < -0.39 is 16.8 Å². The van der Waals surface area contributed by atoms with Gasteiger partial charge in [0.05, 0.1) is 24.7 Å². The average Bonchev–Trinajstić information content (AvgIpc) is 3.44. The molecule has 9 heteroatoms. The van der Waals surface area contributed by atoms with Gasteiger partial charge in [0, 0.05) is 41.4 Å². The lowest BCUT2D eigenvalue weighted by Gasteiger charge is -2.37. The Balaban J connectivity index is 1.53. The average molecular weight is 533 g/mol. The van der Waals surface area contributed by atoms with E-state index in [0.717, 1.165) is 36.9 Å². The van der Waals surface area contributed by atoms with Crippen LogP contribution in [0.2, 0.25) is 0 Å². The van der Waals surface area contributed by atoms with Crippen molar-refractivity contribution in [2.45, 2.75) is 63.4 Å². The number of non-ortho nitro benzene ring substituents is 1. The van der Waals surface area contributed by atoms with Crippen molar-refractivity contribution in [3.63, 3.8) is 0 Å². The molecule has 1 N–H and O–H groups in total. The predicted molar refractivity (Wildman–Crippen MR) is 144 cm³/mol. The third-order valence-electron chi connectivity index (χ3n) is 7.94. The molecule has 2 aromatic rings. The second-order valence-corrected chi connectivity index (χ2v) is 10.3. The van der Waals surface area contributed by atoms with Gasteiger partial charge in [-0.2, -0.15) is 0 Å². The van der Waals surface area contributed by atoms with Crippen molar-refractivity contribution < 1.29 is 28.7 Å². The normalized spacial score (nSPS) is 21.4. The SMILES string of the molecule is COc1ccc([C@H]2CC(=O)C3=C(C2)NC(C)=C(C(=O)OC2CCCC2)[C@@H]3c2ccc([N+](=O)[O-])cc2)cc1OC. The Kier molecular flexibility index (Phi) is 7.41. The summed E-state index contributed by atoms with van der Waals surface area (Å²) in [4.78, 5) is 38.2. The third kappa shape index (κ3) is 5.13. The highest BCUT2D eigenvalue weighted by molar-refractivity contribution is 6.04. The number of benzene rings is 2. The molecule has 2 aliphatic carbocycles. The Morgan fingerprint density at radius 3 is 2.28 bits per heavy atom. The molecule has 1 fully saturated rings. The second kappa shape index (κ2) is 10.9. The van der Waals surface area contributed by atoms with E-state index in [-0.39, 0.29) is 29.9 Å². The number of carbonyl (C=O) groups excluding carboxylic acids is 2. The van der Waals surface area contributed by atoms with E-state index in [1.54, 1.807) is 26.4 Å². The molecule has 9 nitrogen and oxygen atoms in total. The van der Waals surface area contributed by atoms with Crippen molar-refractivity contribution in [2.75, 3.05) is 14.2 Å². The number of dihydropyridines is 1. The van der Waals surface area contributed by atoms with Gasteiger partial charge in [0.2, 0.25) is 0 Å². The minimum Gasteiger partial charge on any atom is -0.493 e. The summed E-state index contributed by atoms with van der Waals surface area (Å²) < 4.78 is 16.7. The van der Waals surface area contributed by atoms with Crippen molar-refractivity contribution in [1.29, 1.82) is 0 Å². The van der Waals surface area contributed by atoms with Crippen LogP contribution < -0.4 is 14.8 Å². The zero-order chi connectivity index (χ0) is 27.7. The van der Waals surface area contributed by atoms with Crippen LogP contribution in [0.3, 0.4) is 0 Å². The van der Waals surface area contributed by atoms with Gasteiger partial charge in [-0.05, 0) is 68.2 Å². The number of Topliss-reactive ketones (excluding diaryl/α,β-unsaturated/α-hetero) is 1. The number of nitro groups is 1. The number of allylic oxidation sites excluding steroid dienone is 3. The van der Waals surface area contributed by atoms with Crippen LogP contribution in [0.15, 0.2) is 65.0 Å². The van der Waals surface area contributed by atoms with Crippen molar-refractivity contribution in [3.8, 4) is 11.5 Å². The van der Waals surface area contributed by atoms with Crippen molar-refractivity contribution in [1.82, 2.24) is 5.32 Å². The Hall–Kier alpha value is -4.14. The number of carbonyl (C=O) groups is 2. The fourth-order valence-electron chi connectivity index (χ4n) is 5.99. The molecule has 2 atom stereocenters. The van der Waals surface area contributed by atoms with Gasteiger partial charge in [-0.3, -0.25) is 14.9 Å². The largest absolute Gasteiger partial charge is 0.493 e. The van der Waals surface area contributed by atoms with Gasteiger partial charge in [0.15, 0.2) is 17.3 Å². The third-order valence-corrected chi connectivity index (χ3v) is 7.94. The fourth-order valence-corrected chi connectivity index (χ4v) is 5.99. The lowest BCUT2D eigenvalue weighted by Crippen LogP contribution is -2.36. The number of esters is 1. The van der Waals surface area contributed by atoms with E-state index in [4.69, 9.17) is 14.2 Å². The van der Waals surface area contributed by atoms with Crippen LogP contribution in [0.5, 0.6) is 11.5 Å². The van der Waals surface area contributed by atoms with Crippen LogP contribution in [-0.4, -0.2) is 37.0 Å². The van der Waals surface area contributed by atoms with Crippen molar-refractivity contribution in [3.05, 3.63) is 86.2 Å². The van der Waals surface area contributed by atoms with Gasteiger partial charge in [-0.15, -0.1) is 0 Å². The maximum absolute atomic E-state index is 13.8. The van der Waals surface area contributed by atoms with Crippen molar-refractivity contribution in [2.24, 2.45) is 0 Å². The Labute approximate surface area is 227 Å². The molecular formula is C30H32N2O7. The predicted octanol–water partition coefficient (Wildman–Crippen LogP) is 5.46. The highest BCUT2D eigenvalue weighted by Gasteiger charge is 2.42. The molecule has 0 radical (unpaired) electrons. The molecule has 0 unspecified atom stereocenters. The van der Waals surface area contributed by atoms with Gasteiger partial charge >= 0.3 is 5.97 Å². The van der Waals surface area contributed by atoms with Crippen LogP contribution in [0.25, 0.3) is 0 Å². The topological polar surface area (TPSA) is 117 Å². The zero-order valence-corrected chi connectivity index (χ0v) is 22.3. The summed E-state index contributed by atoms with van der Waals surface area (Å²) in [5.41, 5.74) is 3.82. The molecule has 204 valence electrons. The number of hydrogen-bond acceptors (Lipinski definition) is 8. The highest BCUT2D eigenvalue weighted by Crippen LogP contribution is 2.47. The summed E-state index contributed by atoms with van der Waals surface area (Å²) in [5.74, 6) is -0.0880. The number of nitrogens with one attached hydrogen (secondary N) is 1. The maximum Gasteiger partial charge on any atom is 0.337 e. The van der Waals surface area contributed by atoms with Crippen LogP contribution in [0.4, 0.5) is 5.69 Å². The Morgan fingerprint density at radius 2 is 1.64 bits per heavy atom. The van der Waals surface area contributed by atoms with Gasteiger partial charge < -0.3 is 19.5 Å². The van der Waals surface area contributed by atoms with Gasteiger partial charge in [0.25, 0.3) is 5.69 Å². The second-order valence-electron chi connectivity index (χ2n) is 10.3. The maximum atomic E-state index is 13.8. The smallest absolute Gasteiger partial charge is 0.337 e. The monoisotopic (exact) mass is 532 g/mol. The molecule has 39 heavy (non-hydrogen) atoms. The molecule has 3 aliphatic rings. The fraction of sp³-hybridized carbons (Fsp3) is 0.400. The number of methoxy groups -OCH3 is 2. The number of rotatable bonds is 7. The minimum absolute atomic E-state index is 0.0545. The molecule has 1 heterocycles. The first-order valence-corrected chi connectivity index (χ1v) is 13.2. The quantitative estimate of drug-likeness (QED) is 0.284. The zero-order valence-electron chi connectivity index (χ0n) is 22.3. The first-order valence-electron chi connectivity index (χ1n) is 13.2. The number of ketones is 1. The highest BCUT2D eigenvalue weighted by atomic mass is 16.6. The molecule has 0 bridgehead atoms. The van der Waals surface area contributed by atoms with E-state index in [0.29, 0.717) is 40.3 Å². The molecular weight excluding hydrogens is 500 g/mol. The first-order chi connectivity index (χ1) is 18.8. The molecule has 0 saturated heterocycles. The molecule has 2 aromatic carbocycles.